The van der Waals surface area contributed by atoms with E-state index in [-0.39, 0.29) is 0 Å². The van der Waals surface area contributed by atoms with E-state index in [4.69, 9.17) is 9.47 Å². The van der Waals surface area contributed by atoms with Crippen LogP contribution in [0.25, 0.3) is 0 Å². The molecule has 1 aliphatic heterocycles. The van der Waals surface area contributed by atoms with Crippen molar-refractivity contribution in [2.75, 3.05) is 39.7 Å². The van der Waals surface area contributed by atoms with Gasteiger partial charge in [0.05, 0.1) is 25.7 Å². The number of benzene rings is 1. The summed E-state index contributed by atoms with van der Waals surface area (Å²) in [5.41, 5.74) is 1.25. The van der Waals surface area contributed by atoms with Gasteiger partial charge in [-0.05, 0) is 12.3 Å². The van der Waals surface area contributed by atoms with Gasteiger partial charge in [-0.15, -0.1) is 11.8 Å². The summed E-state index contributed by atoms with van der Waals surface area (Å²) in [6.07, 6.45) is 2.15. The van der Waals surface area contributed by atoms with Crippen LogP contribution < -0.4 is 4.74 Å². The van der Waals surface area contributed by atoms with Crippen molar-refractivity contribution < 1.29 is 9.47 Å². The molecule has 1 saturated heterocycles. The van der Waals surface area contributed by atoms with Gasteiger partial charge in [-0.1, -0.05) is 18.2 Å². The molecule has 1 aromatic rings. The minimum atomic E-state index is 0.357. The summed E-state index contributed by atoms with van der Waals surface area (Å²) in [4.78, 5) is 2.45. The van der Waals surface area contributed by atoms with Crippen LogP contribution in [0.3, 0.4) is 0 Å². The van der Waals surface area contributed by atoms with Crippen LogP contribution >= 0.6 is 11.8 Å². The van der Waals surface area contributed by atoms with Gasteiger partial charge >= 0.3 is 0 Å². The molecule has 1 atom stereocenters. The second-order valence-electron chi connectivity index (χ2n) is 3.98. The molecular weight excluding hydrogens is 234 g/mol. The molecule has 0 N–H and O–H groups in total. The minimum Gasteiger partial charge on any atom is -0.496 e. The Morgan fingerprint density at radius 2 is 2.00 bits per heavy atom. The van der Waals surface area contributed by atoms with Crippen molar-refractivity contribution >= 4 is 11.8 Å². The molecule has 0 aliphatic carbocycles. The Bertz CT molecular complexity index is 353. The fourth-order valence-electron chi connectivity index (χ4n) is 2.16. The number of para-hydroxylation sites is 1. The molecule has 0 aromatic heterocycles. The molecule has 1 heterocycles. The lowest BCUT2D eigenvalue weighted by Gasteiger charge is -2.34. The maximum atomic E-state index is 5.45. The van der Waals surface area contributed by atoms with Gasteiger partial charge in [-0.2, -0.15) is 0 Å². The molecule has 17 heavy (non-hydrogen) atoms. The predicted molar refractivity (Wildman–Crippen MR) is 71.6 cm³/mol. The number of methoxy groups -OCH3 is 1. The maximum Gasteiger partial charge on any atom is 0.124 e. The zero-order chi connectivity index (χ0) is 12.1. The Morgan fingerprint density at radius 1 is 1.29 bits per heavy atom. The Labute approximate surface area is 107 Å². The summed E-state index contributed by atoms with van der Waals surface area (Å²) in [5.74, 6) is 0.971. The first kappa shape index (κ1) is 12.7. The monoisotopic (exact) mass is 253 g/mol. The van der Waals surface area contributed by atoms with Crippen molar-refractivity contribution in [3.63, 3.8) is 0 Å². The summed E-state index contributed by atoms with van der Waals surface area (Å²) in [6.45, 7) is 3.63. The molecule has 2 rings (SSSR count). The van der Waals surface area contributed by atoms with Crippen molar-refractivity contribution in [1.82, 2.24) is 4.90 Å². The van der Waals surface area contributed by atoms with E-state index < -0.39 is 0 Å². The Kier molecular flexibility index (Phi) is 4.71. The Balaban J connectivity index is 2.21. The number of rotatable bonds is 4. The molecule has 1 unspecified atom stereocenters. The largest absolute Gasteiger partial charge is 0.496 e. The van der Waals surface area contributed by atoms with Crippen molar-refractivity contribution in [2.45, 2.75) is 5.37 Å². The smallest absolute Gasteiger partial charge is 0.124 e. The highest BCUT2D eigenvalue weighted by Gasteiger charge is 2.23. The quantitative estimate of drug-likeness (QED) is 0.821. The first-order chi connectivity index (χ1) is 8.36. The Morgan fingerprint density at radius 3 is 2.65 bits per heavy atom. The van der Waals surface area contributed by atoms with Crippen LogP contribution in [0.15, 0.2) is 24.3 Å². The van der Waals surface area contributed by atoms with Crippen molar-refractivity contribution in [2.24, 2.45) is 0 Å². The maximum absolute atomic E-state index is 5.45. The summed E-state index contributed by atoms with van der Waals surface area (Å²) >= 11 is 1.85. The third-order valence-corrected chi connectivity index (χ3v) is 4.00. The van der Waals surface area contributed by atoms with Crippen molar-refractivity contribution in [3.05, 3.63) is 29.8 Å². The highest BCUT2D eigenvalue weighted by atomic mass is 32.2. The van der Waals surface area contributed by atoms with Crippen LogP contribution in [0.5, 0.6) is 5.75 Å². The van der Waals surface area contributed by atoms with Crippen LogP contribution in [0, 0.1) is 0 Å². The molecule has 0 radical (unpaired) electrons. The third-order valence-electron chi connectivity index (χ3n) is 3.01. The molecule has 0 spiro atoms. The second-order valence-corrected chi connectivity index (χ2v) is 4.90. The zero-order valence-corrected chi connectivity index (χ0v) is 11.2. The van der Waals surface area contributed by atoms with Gasteiger partial charge in [0.2, 0.25) is 0 Å². The molecule has 1 fully saturated rings. The van der Waals surface area contributed by atoms with Gasteiger partial charge in [0.1, 0.15) is 5.75 Å². The van der Waals surface area contributed by atoms with Crippen molar-refractivity contribution in [3.8, 4) is 5.75 Å². The van der Waals surface area contributed by atoms with Crippen LogP contribution in [0.2, 0.25) is 0 Å². The van der Waals surface area contributed by atoms with Gasteiger partial charge in [0, 0.05) is 18.7 Å². The van der Waals surface area contributed by atoms with E-state index in [9.17, 15) is 0 Å². The first-order valence-corrected chi connectivity index (χ1v) is 7.13. The molecule has 0 saturated carbocycles. The van der Waals surface area contributed by atoms with E-state index in [0.717, 1.165) is 32.1 Å². The van der Waals surface area contributed by atoms with E-state index >= 15 is 0 Å². The van der Waals surface area contributed by atoms with Crippen LogP contribution in [0.1, 0.15) is 10.9 Å². The van der Waals surface area contributed by atoms with Gasteiger partial charge < -0.3 is 9.47 Å². The second kappa shape index (κ2) is 6.28. The SMILES string of the molecule is COc1ccccc1C(SC)N1CCOCC1. The van der Waals surface area contributed by atoms with E-state index in [0.29, 0.717) is 5.37 Å². The molecule has 1 aromatic carbocycles. The number of thioether (sulfide) groups is 1. The fourth-order valence-corrected chi connectivity index (χ4v) is 3.11. The standard InChI is InChI=1S/C13H19NO2S/c1-15-12-6-4-3-5-11(12)13(17-2)14-7-9-16-10-8-14/h3-6,13H,7-10H2,1-2H3. The van der Waals surface area contributed by atoms with E-state index in [1.807, 2.05) is 23.9 Å². The van der Waals surface area contributed by atoms with Crippen LogP contribution in [-0.2, 0) is 4.74 Å². The summed E-state index contributed by atoms with van der Waals surface area (Å²) in [6, 6.07) is 8.26. The lowest BCUT2D eigenvalue weighted by Crippen LogP contribution is -2.38. The zero-order valence-electron chi connectivity index (χ0n) is 10.4. The normalized spacial score (nSPS) is 18.9. The first-order valence-electron chi connectivity index (χ1n) is 5.84. The average molecular weight is 253 g/mol. The highest BCUT2D eigenvalue weighted by Crippen LogP contribution is 2.36. The number of hydrogen-bond acceptors (Lipinski definition) is 4. The predicted octanol–water partition coefficient (Wildman–Crippen LogP) is 2.39. The molecule has 0 amide bonds. The average Bonchev–Trinajstić information content (AvgIpc) is 2.41. The lowest BCUT2D eigenvalue weighted by molar-refractivity contribution is 0.0321. The number of nitrogens with zero attached hydrogens (tertiary/aromatic N) is 1. The molecule has 3 nitrogen and oxygen atoms in total. The molecule has 0 bridgehead atoms. The molecule has 94 valence electrons. The van der Waals surface area contributed by atoms with E-state index in [1.165, 1.54) is 5.56 Å². The fraction of sp³-hybridized carbons (Fsp3) is 0.538. The minimum absolute atomic E-state index is 0.357. The van der Waals surface area contributed by atoms with Crippen LogP contribution in [0.4, 0.5) is 0 Å². The third kappa shape index (κ3) is 2.94. The highest BCUT2D eigenvalue weighted by molar-refractivity contribution is 7.98. The summed E-state index contributed by atoms with van der Waals surface area (Å²) < 4.78 is 10.9. The molecule has 1 aliphatic rings. The molecular formula is C13H19NO2S. The van der Waals surface area contributed by atoms with Gasteiger partial charge in [-0.25, -0.2) is 0 Å². The number of morpholine rings is 1. The van der Waals surface area contributed by atoms with E-state index in [1.54, 1.807) is 7.11 Å². The summed E-state index contributed by atoms with van der Waals surface area (Å²) in [7, 11) is 1.73. The Hall–Kier alpha value is -0.710. The number of ether oxygens (including phenoxy) is 2. The lowest BCUT2D eigenvalue weighted by atomic mass is 10.1. The van der Waals surface area contributed by atoms with Gasteiger partial charge in [0.25, 0.3) is 0 Å². The number of hydrogen-bond donors (Lipinski definition) is 0. The van der Waals surface area contributed by atoms with Gasteiger partial charge in [-0.3, -0.25) is 4.90 Å². The van der Waals surface area contributed by atoms with E-state index in [2.05, 4.69) is 23.3 Å². The summed E-state index contributed by atoms with van der Waals surface area (Å²) in [5, 5.41) is 0.357. The van der Waals surface area contributed by atoms with Crippen molar-refractivity contribution in [1.29, 1.82) is 0 Å². The molecule has 4 heteroatoms. The van der Waals surface area contributed by atoms with Crippen LogP contribution in [-0.4, -0.2) is 44.6 Å². The van der Waals surface area contributed by atoms with Gasteiger partial charge in [0.15, 0.2) is 0 Å². The topological polar surface area (TPSA) is 21.7 Å².